The third kappa shape index (κ3) is 10.0. The van der Waals surface area contributed by atoms with Gasteiger partial charge in [0.25, 0.3) is 11.8 Å². The number of benzene rings is 4. The molecule has 4 aromatic rings. The second-order valence-electron chi connectivity index (χ2n) is 17.2. The van der Waals surface area contributed by atoms with Crippen molar-refractivity contribution in [1.82, 2.24) is 0 Å². The number of carbonyl (C=O) groups excluding carboxylic acids is 1. The largest absolute Gasteiger partial charge is 0.289 e. The summed E-state index contributed by atoms with van der Waals surface area (Å²) in [5.74, 6) is -4.63. The maximum Gasteiger partial charge on any atom is 0.271 e. The standard InChI is InChI=1S/C51H62F4O/c1-5-7-9-13-35-19-23-37(24-20-35)39-27-31-41(32-28-39)47-43(15-11-17-45(47)50(3,52)53)49(56)44-16-12-18-46(51(4,54)55)48(44)42-33-29-40(30-34-42)38-25-21-36(22-26-38)14-10-8-6-2/h11-12,15-18,27-38H,5-10,13-14,19-26H2,1-4H3. The molecule has 2 fully saturated rings. The Balaban J connectivity index is 1.31. The number of carbonyl (C=O) groups is 1. The molecule has 56 heavy (non-hydrogen) atoms. The maximum absolute atomic E-state index is 15.4. The molecule has 0 aromatic heterocycles. The van der Waals surface area contributed by atoms with E-state index in [1.54, 1.807) is 12.1 Å². The summed E-state index contributed by atoms with van der Waals surface area (Å²) in [5, 5.41) is 0. The molecule has 0 aliphatic heterocycles. The quantitative estimate of drug-likeness (QED) is 0.0631. The molecule has 0 atom stereocenters. The van der Waals surface area contributed by atoms with Gasteiger partial charge in [-0.3, -0.25) is 4.79 Å². The smallest absolute Gasteiger partial charge is 0.271 e. The number of halogens is 4. The van der Waals surface area contributed by atoms with E-state index in [2.05, 4.69) is 13.8 Å². The summed E-state index contributed by atoms with van der Waals surface area (Å²) in [7, 11) is 0. The molecule has 0 amide bonds. The maximum atomic E-state index is 15.4. The van der Waals surface area contributed by atoms with Crippen LogP contribution in [-0.2, 0) is 11.8 Å². The van der Waals surface area contributed by atoms with E-state index in [0.717, 1.165) is 51.4 Å². The van der Waals surface area contributed by atoms with E-state index in [0.29, 0.717) is 23.0 Å². The Morgan fingerprint density at radius 3 is 1.20 bits per heavy atom. The van der Waals surface area contributed by atoms with Crippen molar-refractivity contribution in [2.24, 2.45) is 11.8 Å². The van der Waals surface area contributed by atoms with Crippen LogP contribution in [0.2, 0.25) is 0 Å². The summed E-state index contributed by atoms with van der Waals surface area (Å²) in [6.07, 6.45) is 19.5. The van der Waals surface area contributed by atoms with Gasteiger partial charge in [-0.1, -0.05) is 150 Å². The molecule has 0 heterocycles. The molecule has 300 valence electrons. The van der Waals surface area contributed by atoms with Gasteiger partial charge in [-0.15, -0.1) is 0 Å². The van der Waals surface area contributed by atoms with E-state index < -0.39 is 17.6 Å². The fourth-order valence-electron chi connectivity index (χ4n) is 9.76. The van der Waals surface area contributed by atoms with Crippen LogP contribution in [0.5, 0.6) is 0 Å². The zero-order valence-corrected chi connectivity index (χ0v) is 34.1. The van der Waals surface area contributed by atoms with Gasteiger partial charge in [0.15, 0.2) is 5.78 Å². The second-order valence-corrected chi connectivity index (χ2v) is 17.2. The van der Waals surface area contributed by atoms with E-state index >= 15 is 17.6 Å². The van der Waals surface area contributed by atoms with Crippen LogP contribution in [-0.4, -0.2) is 5.78 Å². The third-order valence-corrected chi connectivity index (χ3v) is 13.0. The molecule has 0 saturated heterocycles. The van der Waals surface area contributed by atoms with E-state index in [-0.39, 0.29) is 33.4 Å². The second kappa shape index (κ2) is 18.7. The highest BCUT2D eigenvalue weighted by atomic mass is 19.3. The first kappa shape index (κ1) is 41.9. The van der Waals surface area contributed by atoms with E-state index in [9.17, 15) is 4.79 Å². The van der Waals surface area contributed by atoms with Gasteiger partial charge in [0, 0.05) is 47.2 Å². The summed E-state index contributed by atoms with van der Waals surface area (Å²) in [5.41, 5.74) is 3.36. The molecule has 2 aliphatic rings. The Labute approximate surface area is 333 Å². The molecular formula is C51H62F4O. The Morgan fingerprint density at radius 2 is 0.875 bits per heavy atom. The van der Waals surface area contributed by atoms with Crippen molar-refractivity contribution in [3.8, 4) is 22.3 Å². The number of hydrogen-bond acceptors (Lipinski definition) is 1. The summed E-state index contributed by atoms with van der Waals surface area (Å²) in [6, 6.07) is 24.4. The molecule has 6 rings (SSSR count). The normalized spacial score (nSPS) is 20.6. The van der Waals surface area contributed by atoms with Crippen LogP contribution in [0.1, 0.15) is 180 Å². The van der Waals surface area contributed by atoms with Gasteiger partial charge in [0.05, 0.1) is 0 Å². The molecule has 5 heteroatoms. The number of rotatable bonds is 16. The lowest BCUT2D eigenvalue weighted by molar-refractivity contribution is 0.0174. The SMILES string of the molecule is CCCCCC1CCC(c2ccc(-c3c(C(=O)c4cccc(C(C)(F)F)c4-c4ccc(C5CCC(CCCCC)CC5)cc4)cccc3C(C)(F)F)cc2)CC1. The first-order valence-electron chi connectivity index (χ1n) is 21.7. The van der Waals surface area contributed by atoms with Gasteiger partial charge in [-0.05, 0) is 97.3 Å². The number of alkyl halides is 4. The summed E-state index contributed by atoms with van der Waals surface area (Å²) in [6.45, 7) is 6.16. The van der Waals surface area contributed by atoms with Crippen LogP contribution in [0.15, 0.2) is 84.9 Å². The number of unbranched alkanes of at least 4 members (excludes halogenated alkanes) is 4. The minimum atomic E-state index is -3.24. The van der Waals surface area contributed by atoms with Crippen LogP contribution >= 0.6 is 0 Å². The summed E-state index contributed by atoms with van der Waals surface area (Å²) >= 11 is 0. The summed E-state index contributed by atoms with van der Waals surface area (Å²) in [4.78, 5) is 14.8. The van der Waals surface area contributed by atoms with Gasteiger partial charge >= 0.3 is 0 Å². The lowest BCUT2D eigenvalue weighted by Crippen LogP contribution is -2.16. The molecule has 1 nitrogen and oxygen atoms in total. The van der Waals surface area contributed by atoms with Crippen LogP contribution in [0.25, 0.3) is 22.3 Å². The van der Waals surface area contributed by atoms with E-state index in [1.807, 2.05) is 48.5 Å². The Morgan fingerprint density at radius 1 is 0.518 bits per heavy atom. The lowest BCUT2D eigenvalue weighted by atomic mass is 9.76. The molecule has 0 unspecified atom stereocenters. The van der Waals surface area contributed by atoms with Crippen molar-refractivity contribution in [3.05, 3.63) is 118 Å². The van der Waals surface area contributed by atoms with Gasteiger partial charge in [0.1, 0.15) is 0 Å². The molecule has 0 bridgehead atoms. The predicted octanol–water partition coefficient (Wildman–Crippen LogP) is 16.2. The van der Waals surface area contributed by atoms with Crippen molar-refractivity contribution >= 4 is 5.78 Å². The summed E-state index contributed by atoms with van der Waals surface area (Å²) < 4.78 is 61.6. The zero-order chi connectivity index (χ0) is 39.9. The predicted molar refractivity (Wildman–Crippen MR) is 224 cm³/mol. The van der Waals surface area contributed by atoms with Crippen LogP contribution in [0.4, 0.5) is 17.6 Å². The van der Waals surface area contributed by atoms with Gasteiger partial charge in [-0.2, -0.15) is 0 Å². The Kier molecular flexibility index (Phi) is 14.0. The monoisotopic (exact) mass is 766 g/mol. The molecule has 0 spiro atoms. The third-order valence-electron chi connectivity index (χ3n) is 13.0. The van der Waals surface area contributed by atoms with Crippen LogP contribution in [0.3, 0.4) is 0 Å². The fraction of sp³-hybridized carbons (Fsp3) is 0.510. The Hall–Kier alpha value is -3.73. The van der Waals surface area contributed by atoms with Crippen molar-refractivity contribution in [1.29, 1.82) is 0 Å². The number of hydrogen-bond donors (Lipinski definition) is 0. The van der Waals surface area contributed by atoms with Crippen molar-refractivity contribution in [3.63, 3.8) is 0 Å². The molecule has 2 aliphatic carbocycles. The van der Waals surface area contributed by atoms with Crippen molar-refractivity contribution in [2.45, 2.75) is 154 Å². The molecule has 0 radical (unpaired) electrons. The minimum Gasteiger partial charge on any atom is -0.289 e. The molecule has 4 aromatic carbocycles. The van der Waals surface area contributed by atoms with Crippen LogP contribution < -0.4 is 0 Å². The highest BCUT2D eigenvalue weighted by molar-refractivity contribution is 6.16. The number of ketones is 1. The molecule has 2 saturated carbocycles. The fourth-order valence-corrected chi connectivity index (χ4v) is 9.76. The minimum absolute atomic E-state index is 0.0782. The lowest BCUT2D eigenvalue weighted by Gasteiger charge is -2.29. The Bertz CT molecular complexity index is 1730. The highest BCUT2D eigenvalue weighted by Crippen LogP contribution is 2.45. The van der Waals surface area contributed by atoms with Crippen molar-refractivity contribution in [2.75, 3.05) is 0 Å². The van der Waals surface area contributed by atoms with Gasteiger partial charge in [0.2, 0.25) is 0 Å². The van der Waals surface area contributed by atoms with Gasteiger partial charge in [-0.25, -0.2) is 17.6 Å². The van der Waals surface area contributed by atoms with Gasteiger partial charge < -0.3 is 0 Å². The first-order chi connectivity index (χ1) is 26.9. The topological polar surface area (TPSA) is 17.1 Å². The molecular weight excluding hydrogens is 705 g/mol. The van der Waals surface area contributed by atoms with Crippen LogP contribution in [0, 0.1) is 11.8 Å². The molecule has 0 N–H and O–H groups in total. The highest BCUT2D eigenvalue weighted by Gasteiger charge is 2.35. The zero-order valence-electron chi connectivity index (χ0n) is 34.1. The van der Waals surface area contributed by atoms with Crippen molar-refractivity contribution < 1.29 is 22.4 Å². The average Bonchev–Trinajstić information content (AvgIpc) is 3.20. The first-order valence-corrected chi connectivity index (χ1v) is 21.7. The van der Waals surface area contributed by atoms with E-state index in [1.165, 1.54) is 112 Å². The average molecular weight is 767 g/mol. The van der Waals surface area contributed by atoms with E-state index in [4.69, 9.17) is 0 Å².